The first-order valence-electron chi connectivity index (χ1n) is 9.11. The Morgan fingerprint density at radius 2 is 1.11 bits per heavy atom. The number of hydrogen-bond acceptors (Lipinski definition) is 2. The standard InChI is InChI=1S/C25H16O2/c26-22-14-7-13-21-24(22)27-23-15-6-5-12-20(23)25(21)18-10-3-1-8-16(18)17-9-2-4-11-19(17)25/h1-15,26H. The summed E-state index contributed by atoms with van der Waals surface area (Å²) in [5.41, 5.74) is 6.54. The van der Waals surface area contributed by atoms with Crippen molar-refractivity contribution in [3.63, 3.8) is 0 Å². The van der Waals surface area contributed by atoms with Crippen LogP contribution in [-0.2, 0) is 5.41 Å². The predicted molar refractivity (Wildman–Crippen MR) is 105 cm³/mol. The van der Waals surface area contributed by atoms with Gasteiger partial charge in [0.1, 0.15) is 5.75 Å². The van der Waals surface area contributed by atoms with Crippen LogP contribution in [0.3, 0.4) is 0 Å². The molecule has 0 unspecified atom stereocenters. The molecule has 0 bridgehead atoms. The van der Waals surface area contributed by atoms with Gasteiger partial charge in [0.25, 0.3) is 0 Å². The average Bonchev–Trinajstić information content (AvgIpc) is 3.01. The molecule has 0 saturated carbocycles. The number of phenols is 1. The van der Waals surface area contributed by atoms with Gasteiger partial charge >= 0.3 is 0 Å². The molecule has 6 rings (SSSR count). The minimum Gasteiger partial charge on any atom is -0.504 e. The Kier molecular flexibility index (Phi) is 2.72. The topological polar surface area (TPSA) is 29.5 Å². The fourth-order valence-corrected chi connectivity index (χ4v) is 4.86. The Labute approximate surface area is 157 Å². The van der Waals surface area contributed by atoms with E-state index in [2.05, 4.69) is 66.7 Å². The van der Waals surface area contributed by atoms with Gasteiger partial charge in [0.05, 0.1) is 5.41 Å². The summed E-state index contributed by atoms with van der Waals surface area (Å²) in [6.45, 7) is 0. The molecular weight excluding hydrogens is 332 g/mol. The van der Waals surface area contributed by atoms with Gasteiger partial charge in [-0.3, -0.25) is 0 Å². The summed E-state index contributed by atoms with van der Waals surface area (Å²) in [5.74, 6) is 1.50. The van der Waals surface area contributed by atoms with Crippen molar-refractivity contribution in [3.8, 4) is 28.4 Å². The minimum absolute atomic E-state index is 0.170. The third kappa shape index (κ3) is 1.65. The zero-order chi connectivity index (χ0) is 18.0. The molecule has 4 aromatic carbocycles. The molecule has 2 aliphatic rings. The second-order valence-corrected chi connectivity index (χ2v) is 7.09. The number of aromatic hydroxyl groups is 1. The molecule has 0 radical (unpaired) electrons. The van der Waals surface area contributed by atoms with Gasteiger partial charge in [0.2, 0.25) is 0 Å². The number of phenolic OH excluding ortho intramolecular Hbond substituents is 1. The van der Waals surface area contributed by atoms with Crippen molar-refractivity contribution >= 4 is 0 Å². The Bertz CT molecular complexity index is 1180. The van der Waals surface area contributed by atoms with Crippen molar-refractivity contribution in [1.82, 2.24) is 0 Å². The molecule has 0 atom stereocenters. The minimum atomic E-state index is -0.490. The van der Waals surface area contributed by atoms with E-state index in [1.165, 1.54) is 22.3 Å². The second kappa shape index (κ2) is 5.01. The van der Waals surface area contributed by atoms with Crippen molar-refractivity contribution in [2.75, 3.05) is 0 Å². The van der Waals surface area contributed by atoms with Crippen molar-refractivity contribution in [1.29, 1.82) is 0 Å². The van der Waals surface area contributed by atoms with Crippen molar-refractivity contribution in [3.05, 3.63) is 113 Å². The third-order valence-corrected chi connectivity index (χ3v) is 5.85. The Morgan fingerprint density at radius 3 is 1.81 bits per heavy atom. The molecule has 2 heteroatoms. The summed E-state index contributed by atoms with van der Waals surface area (Å²) in [5, 5.41) is 10.6. The van der Waals surface area contributed by atoms with Gasteiger partial charge in [0.15, 0.2) is 11.5 Å². The van der Waals surface area contributed by atoms with Crippen LogP contribution >= 0.6 is 0 Å². The van der Waals surface area contributed by atoms with Gasteiger partial charge in [0, 0.05) is 11.1 Å². The predicted octanol–water partition coefficient (Wildman–Crippen LogP) is 5.86. The third-order valence-electron chi connectivity index (χ3n) is 5.85. The molecule has 0 aromatic heterocycles. The first kappa shape index (κ1) is 14.6. The molecule has 0 saturated heterocycles. The van der Waals surface area contributed by atoms with Crippen LogP contribution in [0.5, 0.6) is 17.2 Å². The van der Waals surface area contributed by atoms with Gasteiger partial charge < -0.3 is 9.84 Å². The van der Waals surface area contributed by atoms with Crippen molar-refractivity contribution < 1.29 is 9.84 Å². The lowest BCUT2D eigenvalue weighted by Crippen LogP contribution is -2.32. The smallest absolute Gasteiger partial charge is 0.173 e. The van der Waals surface area contributed by atoms with Crippen molar-refractivity contribution in [2.24, 2.45) is 0 Å². The van der Waals surface area contributed by atoms with E-state index >= 15 is 0 Å². The van der Waals surface area contributed by atoms with Crippen LogP contribution in [0.15, 0.2) is 91.0 Å². The molecular formula is C25H16O2. The molecule has 128 valence electrons. The SMILES string of the molecule is Oc1cccc2c1Oc1ccccc1C21c2ccccc2-c2ccccc21. The number of benzene rings is 4. The van der Waals surface area contributed by atoms with E-state index in [-0.39, 0.29) is 5.75 Å². The maximum atomic E-state index is 10.6. The highest BCUT2D eigenvalue weighted by Gasteiger charge is 2.51. The molecule has 1 aliphatic carbocycles. The summed E-state index contributed by atoms with van der Waals surface area (Å²) < 4.78 is 6.17. The number of hydrogen-bond donors (Lipinski definition) is 1. The molecule has 1 spiro atoms. The van der Waals surface area contributed by atoms with Crippen LogP contribution in [0.1, 0.15) is 22.3 Å². The first-order valence-corrected chi connectivity index (χ1v) is 9.11. The average molecular weight is 348 g/mol. The number of fused-ring (bicyclic) bond motifs is 9. The fraction of sp³-hybridized carbons (Fsp3) is 0.0400. The van der Waals surface area contributed by atoms with Crippen LogP contribution < -0.4 is 4.74 Å². The molecule has 0 amide bonds. The highest BCUT2D eigenvalue weighted by molar-refractivity contribution is 5.88. The summed E-state index contributed by atoms with van der Waals surface area (Å²) in [6, 6.07) is 30.9. The molecule has 27 heavy (non-hydrogen) atoms. The monoisotopic (exact) mass is 348 g/mol. The number of ether oxygens (including phenoxy) is 1. The zero-order valence-corrected chi connectivity index (χ0v) is 14.5. The Balaban J connectivity index is 1.87. The van der Waals surface area contributed by atoms with Crippen LogP contribution in [0.25, 0.3) is 11.1 Å². The lowest BCUT2D eigenvalue weighted by atomic mass is 9.66. The van der Waals surface area contributed by atoms with Gasteiger partial charge in [-0.15, -0.1) is 0 Å². The van der Waals surface area contributed by atoms with E-state index in [1.54, 1.807) is 6.07 Å². The molecule has 1 heterocycles. The van der Waals surface area contributed by atoms with Crippen LogP contribution in [-0.4, -0.2) is 5.11 Å². The summed E-state index contributed by atoms with van der Waals surface area (Å²) in [6.07, 6.45) is 0. The first-order chi connectivity index (χ1) is 13.3. The van der Waals surface area contributed by atoms with E-state index in [0.29, 0.717) is 5.75 Å². The van der Waals surface area contributed by atoms with Crippen LogP contribution in [0, 0.1) is 0 Å². The summed E-state index contributed by atoms with van der Waals surface area (Å²) in [7, 11) is 0. The molecule has 1 N–H and O–H groups in total. The molecule has 1 aliphatic heterocycles. The maximum Gasteiger partial charge on any atom is 0.173 e. The van der Waals surface area contributed by atoms with E-state index < -0.39 is 5.41 Å². The van der Waals surface area contributed by atoms with Gasteiger partial charge in [-0.05, 0) is 34.4 Å². The van der Waals surface area contributed by atoms with E-state index in [1.807, 2.05) is 18.2 Å². The van der Waals surface area contributed by atoms with Gasteiger partial charge in [-0.1, -0.05) is 78.9 Å². The number of rotatable bonds is 0. The Morgan fingerprint density at radius 1 is 0.556 bits per heavy atom. The molecule has 4 aromatic rings. The van der Waals surface area contributed by atoms with Gasteiger partial charge in [-0.25, -0.2) is 0 Å². The van der Waals surface area contributed by atoms with Crippen molar-refractivity contribution in [2.45, 2.75) is 5.41 Å². The van der Waals surface area contributed by atoms with E-state index in [0.717, 1.165) is 16.9 Å². The quantitative estimate of drug-likeness (QED) is 0.372. The largest absolute Gasteiger partial charge is 0.504 e. The summed E-state index contributed by atoms with van der Waals surface area (Å²) >= 11 is 0. The molecule has 2 nitrogen and oxygen atoms in total. The fourth-order valence-electron chi connectivity index (χ4n) is 4.86. The normalized spacial score (nSPS) is 14.7. The lowest BCUT2D eigenvalue weighted by Gasteiger charge is -2.39. The second-order valence-electron chi connectivity index (χ2n) is 7.09. The van der Waals surface area contributed by atoms with E-state index in [4.69, 9.17) is 4.74 Å². The lowest BCUT2D eigenvalue weighted by molar-refractivity contribution is 0.386. The molecule has 0 fully saturated rings. The van der Waals surface area contributed by atoms with Crippen LogP contribution in [0.2, 0.25) is 0 Å². The van der Waals surface area contributed by atoms with E-state index in [9.17, 15) is 5.11 Å². The summed E-state index contributed by atoms with van der Waals surface area (Å²) in [4.78, 5) is 0. The Hall–Kier alpha value is -3.52. The number of para-hydroxylation sites is 2. The van der Waals surface area contributed by atoms with Gasteiger partial charge in [-0.2, -0.15) is 0 Å². The maximum absolute atomic E-state index is 10.6. The highest BCUT2D eigenvalue weighted by atomic mass is 16.5. The highest BCUT2D eigenvalue weighted by Crippen LogP contribution is 2.62. The zero-order valence-electron chi connectivity index (χ0n) is 14.5. The van der Waals surface area contributed by atoms with Crippen LogP contribution in [0.4, 0.5) is 0 Å².